The van der Waals surface area contributed by atoms with E-state index in [0.717, 1.165) is 25.3 Å². The topological polar surface area (TPSA) is 190 Å². The molecule has 0 bridgehead atoms. The van der Waals surface area contributed by atoms with E-state index >= 15 is 4.39 Å². The first-order chi connectivity index (χ1) is 20.3. The summed E-state index contributed by atoms with van der Waals surface area (Å²) < 4.78 is 15.5. The van der Waals surface area contributed by atoms with Gasteiger partial charge in [-0.3, -0.25) is 24.1 Å². The minimum absolute atomic E-state index is 0.0987. The van der Waals surface area contributed by atoms with Crippen LogP contribution in [0.2, 0.25) is 0 Å². The predicted octanol–water partition coefficient (Wildman–Crippen LogP) is 2.79. The highest BCUT2D eigenvalue weighted by Gasteiger charge is 2.64. The molecular weight excluding hydrogens is 561 g/mol. The van der Waals surface area contributed by atoms with Gasteiger partial charge >= 0.3 is 0 Å². The molecule has 43 heavy (non-hydrogen) atoms. The van der Waals surface area contributed by atoms with Crippen molar-refractivity contribution in [1.29, 1.82) is 0 Å². The SMILES string of the molecule is CN(C)[C@@H]1C(=O)C(C(N)=O)=C(O)[C@@]2(O)C(=O)C3=C(O)c4c(O)c(NC(=O)CCCC5CCCCC5)cc(F)c4C[C@H]3C[C@@H]12. The Balaban J connectivity index is 1.48. The molecule has 2 fully saturated rings. The highest BCUT2D eigenvalue weighted by Crippen LogP contribution is 2.53. The Bertz CT molecular complexity index is 1460. The van der Waals surface area contributed by atoms with Gasteiger partial charge in [0.05, 0.1) is 17.3 Å². The fraction of sp³-hybridized carbons (Fsp3) is 0.548. The van der Waals surface area contributed by atoms with Crippen LogP contribution in [0.15, 0.2) is 23.0 Å². The lowest BCUT2D eigenvalue weighted by Crippen LogP contribution is -2.65. The van der Waals surface area contributed by atoms with Crippen LogP contribution in [0.3, 0.4) is 0 Å². The number of nitrogens with one attached hydrogen (secondary N) is 1. The van der Waals surface area contributed by atoms with E-state index in [1.807, 2.05) is 0 Å². The number of aliphatic hydroxyl groups is 3. The Morgan fingerprint density at radius 1 is 1.14 bits per heavy atom. The summed E-state index contributed by atoms with van der Waals surface area (Å²) in [5.74, 6) is -8.88. The average Bonchev–Trinajstić information content (AvgIpc) is 2.93. The molecule has 12 heteroatoms. The van der Waals surface area contributed by atoms with E-state index in [2.05, 4.69) is 5.32 Å². The molecule has 0 radical (unpaired) electrons. The van der Waals surface area contributed by atoms with Crippen molar-refractivity contribution in [3.8, 4) is 5.75 Å². The van der Waals surface area contributed by atoms with Crippen LogP contribution in [0.1, 0.15) is 68.9 Å². The van der Waals surface area contributed by atoms with Gasteiger partial charge in [0, 0.05) is 29.5 Å². The maximum Gasteiger partial charge on any atom is 0.255 e. The molecule has 0 aliphatic heterocycles. The molecule has 1 aromatic carbocycles. The number of ketones is 2. The molecule has 2 amide bonds. The fourth-order valence-electron chi connectivity index (χ4n) is 7.60. The number of nitrogens with two attached hydrogens (primary N) is 1. The quantitative estimate of drug-likeness (QED) is 0.202. The van der Waals surface area contributed by atoms with Crippen molar-refractivity contribution < 1.29 is 44.0 Å². The second-order valence-electron chi connectivity index (χ2n) is 12.5. The van der Waals surface area contributed by atoms with Gasteiger partial charge in [-0.2, -0.15) is 0 Å². The van der Waals surface area contributed by atoms with Crippen LogP contribution in [0.4, 0.5) is 10.1 Å². The van der Waals surface area contributed by atoms with E-state index in [1.165, 1.54) is 38.3 Å². The lowest BCUT2D eigenvalue weighted by Gasteiger charge is -2.50. The summed E-state index contributed by atoms with van der Waals surface area (Å²) >= 11 is 0. The van der Waals surface area contributed by atoms with Crippen LogP contribution in [-0.2, 0) is 25.6 Å². The van der Waals surface area contributed by atoms with E-state index in [-0.39, 0.29) is 36.1 Å². The van der Waals surface area contributed by atoms with Crippen molar-refractivity contribution in [1.82, 2.24) is 4.90 Å². The number of benzene rings is 1. The number of carbonyl (C=O) groups is 4. The molecule has 232 valence electrons. The second-order valence-corrected chi connectivity index (χ2v) is 12.5. The average molecular weight is 600 g/mol. The maximum absolute atomic E-state index is 15.5. The Morgan fingerprint density at radius 3 is 2.44 bits per heavy atom. The van der Waals surface area contributed by atoms with Crippen LogP contribution in [-0.4, -0.2) is 74.4 Å². The number of aliphatic hydroxyl groups excluding tert-OH is 2. The molecule has 0 heterocycles. The molecule has 0 saturated heterocycles. The Labute approximate surface area is 248 Å². The summed E-state index contributed by atoms with van der Waals surface area (Å²) in [7, 11) is 2.99. The first-order valence-corrected chi connectivity index (χ1v) is 14.8. The summed E-state index contributed by atoms with van der Waals surface area (Å²) in [6, 6.07) is -0.265. The number of hydrogen-bond donors (Lipinski definition) is 6. The minimum Gasteiger partial charge on any atom is -0.508 e. The molecule has 11 nitrogen and oxygen atoms in total. The van der Waals surface area contributed by atoms with Gasteiger partial charge < -0.3 is 31.5 Å². The number of phenolic OH excluding ortho intramolecular Hbond substituents is 1. The largest absolute Gasteiger partial charge is 0.508 e. The van der Waals surface area contributed by atoms with Crippen LogP contribution in [0.25, 0.3) is 5.76 Å². The fourth-order valence-corrected chi connectivity index (χ4v) is 7.60. The highest BCUT2D eigenvalue weighted by molar-refractivity contribution is 6.24. The molecule has 4 aliphatic carbocycles. The smallest absolute Gasteiger partial charge is 0.255 e. The van der Waals surface area contributed by atoms with Crippen molar-refractivity contribution in [2.75, 3.05) is 19.4 Å². The number of anilines is 1. The van der Waals surface area contributed by atoms with Crippen LogP contribution < -0.4 is 11.1 Å². The number of primary amides is 1. The number of phenols is 1. The van der Waals surface area contributed by atoms with Crippen molar-refractivity contribution in [3.05, 3.63) is 39.9 Å². The first kappa shape index (κ1) is 30.7. The Kier molecular flexibility index (Phi) is 8.12. The predicted molar refractivity (Wildman–Crippen MR) is 153 cm³/mol. The first-order valence-electron chi connectivity index (χ1n) is 14.8. The Hall–Kier alpha value is -3.77. The minimum atomic E-state index is -2.79. The van der Waals surface area contributed by atoms with E-state index in [4.69, 9.17) is 5.73 Å². The third kappa shape index (κ3) is 5.00. The van der Waals surface area contributed by atoms with Gasteiger partial charge in [-0.05, 0) is 51.6 Å². The van der Waals surface area contributed by atoms with Crippen LogP contribution in [0, 0.1) is 23.6 Å². The molecule has 0 aromatic heterocycles. The number of hydrogen-bond acceptors (Lipinski definition) is 9. The molecule has 4 atom stereocenters. The van der Waals surface area contributed by atoms with E-state index in [1.54, 1.807) is 0 Å². The molecular formula is C31H38FN3O8. The zero-order valence-electron chi connectivity index (χ0n) is 24.3. The molecule has 7 N–H and O–H groups in total. The molecule has 5 rings (SSSR count). The van der Waals surface area contributed by atoms with Crippen molar-refractivity contribution in [2.24, 2.45) is 23.5 Å². The lowest BCUT2D eigenvalue weighted by atomic mass is 9.57. The van der Waals surface area contributed by atoms with Gasteiger partial charge in [-0.15, -0.1) is 0 Å². The maximum atomic E-state index is 15.5. The molecule has 0 unspecified atom stereocenters. The van der Waals surface area contributed by atoms with E-state index < -0.39 is 81.1 Å². The number of rotatable bonds is 7. The van der Waals surface area contributed by atoms with Crippen LogP contribution >= 0.6 is 0 Å². The number of nitrogens with zero attached hydrogens (tertiary/aromatic N) is 1. The third-order valence-electron chi connectivity index (χ3n) is 9.68. The number of likely N-dealkylation sites (N-methyl/N-ethyl adjacent to an activating group) is 1. The zero-order valence-corrected chi connectivity index (χ0v) is 24.3. The molecule has 2 saturated carbocycles. The number of halogens is 1. The highest BCUT2D eigenvalue weighted by atomic mass is 19.1. The number of Topliss-reactive ketones (excluding diaryl/α,β-unsaturated/α-hetero) is 2. The van der Waals surface area contributed by atoms with E-state index in [9.17, 15) is 39.6 Å². The monoisotopic (exact) mass is 599 g/mol. The van der Waals surface area contributed by atoms with Gasteiger partial charge in [0.15, 0.2) is 17.1 Å². The standard InChI is InChI=1S/C31H38FN3O8/c1-35(2)24-17-12-15-11-16-18(32)13-19(34-20(36)10-6-9-14-7-4-3-5-8-14)25(37)22(16)26(38)21(15)28(40)31(17,43)29(41)23(27(24)39)30(33)42/h13-15,17,24,37-38,41,43H,3-12H2,1-2H3,(H2,33,42)(H,34,36)/t15-,17-,24-,31-/m0/s1. The van der Waals surface area contributed by atoms with Gasteiger partial charge in [-0.1, -0.05) is 32.1 Å². The summed E-state index contributed by atoms with van der Waals surface area (Å²) in [5, 5.41) is 47.5. The molecule has 1 aromatic rings. The summed E-state index contributed by atoms with van der Waals surface area (Å²) in [6.45, 7) is 0. The number of fused-ring (bicyclic) bond motifs is 3. The van der Waals surface area contributed by atoms with Crippen molar-refractivity contribution >= 4 is 34.8 Å². The summed E-state index contributed by atoms with van der Waals surface area (Å²) in [5.41, 5.74) is 0.452. The molecule has 0 spiro atoms. The summed E-state index contributed by atoms with van der Waals surface area (Å²) in [4.78, 5) is 53.2. The number of aromatic hydroxyl groups is 1. The van der Waals surface area contributed by atoms with Gasteiger partial charge in [0.1, 0.15) is 22.9 Å². The second kappa shape index (κ2) is 11.4. The number of amides is 2. The van der Waals surface area contributed by atoms with Gasteiger partial charge in [-0.25, -0.2) is 4.39 Å². The number of carbonyl (C=O) groups excluding carboxylic acids is 4. The van der Waals surface area contributed by atoms with Crippen molar-refractivity contribution in [3.63, 3.8) is 0 Å². The van der Waals surface area contributed by atoms with Gasteiger partial charge in [0.2, 0.25) is 11.7 Å². The van der Waals surface area contributed by atoms with Gasteiger partial charge in [0.25, 0.3) is 5.91 Å². The normalized spacial score (nSPS) is 27.6. The van der Waals surface area contributed by atoms with Crippen LogP contribution in [0.5, 0.6) is 5.75 Å². The molecule has 4 aliphatic rings. The zero-order chi connectivity index (χ0) is 31.4. The van der Waals surface area contributed by atoms with E-state index in [0.29, 0.717) is 12.3 Å². The van der Waals surface area contributed by atoms with Crippen molar-refractivity contribution in [2.45, 2.75) is 75.9 Å². The Morgan fingerprint density at radius 2 is 1.81 bits per heavy atom. The third-order valence-corrected chi connectivity index (χ3v) is 9.68. The summed E-state index contributed by atoms with van der Waals surface area (Å²) in [6.07, 6.45) is 7.28. The lowest BCUT2D eigenvalue weighted by molar-refractivity contribution is -0.153.